The molecule has 0 radical (unpaired) electrons. The van der Waals surface area contributed by atoms with Gasteiger partial charge in [-0.1, -0.05) is 0 Å². The highest BCUT2D eigenvalue weighted by Gasteiger charge is 2.30. The van der Waals surface area contributed by atoms with E-state index in [9.17, 15) is 21.6 Å². The molecular weight excluding hydrogens is 273 g/mol. The van der Waals surface area contributed by atoms with Crippen LogP contribution in [0, 0.1) is 0 Å². The molecule has 0 spiro atoms. The molecule has 0 amide bonds. The van der Waals surface area contributed by atoms with Crippen molar-refractivity contribution in [3.8, 4) is 0 Å². The normalized spacial score (nSPS) is 12.4. The minimum atomic E-state index is -4.51. The van der Waals surface area contributed by atoms with E-state index in [4.69, 9.17) is 5.73 Å². The number of anilines is 1. The average Bonchev–Trinajstić information content (AvgIpc) is 2.25. The zero-order valence-corrected chi connectivity index (χ0v) is 9.85. The summed E-state index contributed by atoms with van der Waals surface area (Å²) < 4.78 is 63.3. The van der Waals surface area contributed by atoms with Crippen molar-refractivity contribution in [1.82, 2.24) is 9.71 Å². The number of halogens is 3. The summed E-state index contributed by atoms with van der Waals surface area (Å²) in [5, 5.41) is 0. The first kappa shape index (κ1) is 14.7. The summed E-state index contributed by atoms with van der Waals surface area (Å²) in [6.45, 7) is 0.108. The number of hydrogen-bond acceptors (Lipinski definition) is 4. The van der Waals surface area contributed by atoms with Crippen molar-refractivity contribution in [3.63, 3.8) is 0 Å². The largest absolute Gasteiger partial charge is 0.417 e. The van der Waals surface area contributed by atoms with Gasteiger partial charge in [0.2, 0.25) is 0 Å². The van der Waals surface area contributed by atoms with Crippen molar-refractivity contribution in [2.45, 2.75) is 6.18 Å². The van der Waals surface area contributed by atoms with Crippen LogP contribution in [0.5, 0.6) is 0 Å². The number of hydrogen-bond donors (Lipinski definition) is 3. The van der Waals surface area contributed by atoms with Gasteiger partial charge in [0.05, 0.1) is 5.56 Å². The fourth-order valence-corrected chi connectivity index (χ4v) is 1.84. The Morgan fingerprint density at radius 3 is 2.44 bits per heavy atom. The Morgan fingerprint density at radius 2 is 2.00 bits per heavy atom. The second-order valence-corrected chi connectivity index (χ2v) is 4.72. The molecule has 102 valence electrons. The highest BCUT2D eigenvalue weighted by Crippen LogP contribution is 2.28. The molecule has 10 heteroatoms. The summed E-state index contributed by atoms with van der Waals surface area (Å²) in [4.78, 5) is 3.36. The fourth-order valence-electron chi connectivity index (χ4n) is 0.989. The number of alkyl halides is 3. The van der Waals surface area contributed by atoms with E-state index in [0.29, 0.717) is 6.20 Å². The molecule has 1 aromatic heterocycles. The summed E-state index contributed by atoms with van der Waals surface area (Å²) in [5.74, 6) is -0.215. The van der Waals surface area contributed by atoms with Gasteiger partial charge >= 0.3 is 6.18 Å². The molecule has 0 aliphatic heterocycles. The van der Waals surface area contributed by atoms with Crippen LogP contribution in [-0.2, 0) is 16.4 Å². The molecule has 0 saturated carbocycles. The quantitative estimate of drug-likeness (QED) is 0.724. The van der Waals surface area contributed by atoms with Crippen LogP contribution in [-0.4, -0.2) is 26.5 Å². The molecule has 0 bridgehead atoms. The number of nitrogens with two attached hydrogens (primary N) is 1. The molecule has 0 aliphatic rings. The molecule has 0 aliphatic carbocycles. The monoisotopic (exact) mass is 284 g/mol. The second-order valence-electron chi connectivity index (χ2n) is 3.22. The van der Waals surface area contributed by atoms with Crippen LogP contribution in [0.3, 0.4) is 0 Å². The summed E-state index contributed by atoms with van der Waals surface area (Å²) in [7, 11) is -3.87. The first-order valence-corrected chi connectivity index (χ1v) is 6.23. The lowest BCUT2D eigenvalue weighted by Gasteiger charge is -2.09. The molecule has 0 aromatic carbocycles. The molecule has 0 atom stereocenters. The maximum atomic E-state index is 12.2. The third-order valence-electron chi connectivity index (χ3n) is 1.77. The molecule has 4 N–H and O–H groups in total. The third kappa shape index (κ3) is 4.47. The molecule has 0 saturated heterocycles. The smallest absolute Gasteiger partial charge is 0.329 e. The van der Waals surface area contributed by atoms with E-state index in [1.165, 1.54) is 0 Å². The Bertz CT molecular complexity index is 486. The molecule has 1 heterocycles. The zero-order chi connectivity index (χ0) is 13.8. The van der Waals surface area contributed by atoms with Gasteiger partial charge in [-0.25, -0.2) is 4.98 Å². The van der Waals surface area contributed by atoms with Crippen LogP contribution in [0.25, 0.3) is 0 Å². The second kappa shape index (κ2) is 5.50. The van der Waals surface area contributed by atoms with Gasteiger partial charge in [0.25, 0.3) is 10.2 Å². The standard InChI is InChI=1S/C8H11F3N4O2S/c9-8(10,11)6-1-2-7(13-5-6)15-18(16,17)14-4-3-12/h1-2,5,14H,3-4,12H2,(H,13,15). The Morgan fingerprint density at radius 1 is 1.33 bits per heavy atom. The minimum absolute atomic E-state index is 0.00989. The Labute approximate surface area is 102 Å². The van der Waals surface area contributed by atoms with Crippen LogP contribution in [0.1, 0.15) is 5.56 Å². The van der Waals surface area contributed by atoms with E-state index in [2.05, 4.69) is 9.71 Å². The number of rotatable bonds is 5. The Balaban J connectivity index is 2.75. The number of pyridine rings is 1. The van der Waals surface area contributed by atoms with Gasteiger partial charge < -0.3 is 5.73 Å². The van der Waals surface area contributed by atoms with Crippen molar-refractivity contribution < 1.29 is 21.6 Å². The SMILES string of the molecule is NCCNS(=O)(=O)Nc1ccc(C(F)(F)F)cn1. The van der Waals surface area contributed by atoms with Crippen molar-refractivity contribution in [3.05, 3.63) is 23.9 Å². The van der Waals surface area contributed by atoms with Crippen LogP contribution in [0.4, 0.5) is 19.0 Å². The number of aromatic nitrogens is 1. The van der Waals surface area contributed by atoms with E-state index in [-0.39, 0.29) is 18.9 Å². The van der Waals surface area contributed by atoms with E-state index >= 15 is 0 Å². The van der Waals surface area contributed by atoms with E-state index in [0.717, 1.165) is 12.1 Å². The third-order valence-corrected chi connectivity index (χ3v) is 2.83. The predicted octanol–water partition coefficient (Wildman–Crippen LogP) is 0.305. The lowest BCUT2D eigenvalue weighted by atomic mass is 10.3. The van der Waals surface area contributed by atoms with Gasteiger partial charge in [0, 0.05) is 19.3 Å². The summed E-state index contributed by atoms with van der Waals surface area (Å²) in [6, 6.07) is 1.65. The lowest BCUT2D eigenvalue weighted by Crippen LogP contribution is -2.34. The Hall–Kier alpha value is -1.39. The maximum Gasteiger partial charge on any atom is 0.417 e. The zero-order valence-electron chi connectivity index (χ0n) is 9.03. The lowest BCUT2D eigenvalue weighted by molar-refractivity contribution is -0.137. The fraction of sp³-hybridized carbons (Fsp3) is 0.375. The number of nitrogens with zero attached hydrogens (tertiary/aromatic N) is 1. The predicted molar refractivity (Wildman–Crippen MR) is 58.8 cm³/mol. The first-order valence-electron chi connectivity index (χ1n) is 4.75. The van der Waals surface area contributed by atoms with Gasteiger partial charge in [-0.15, -0.1) is 0 Å². The van der Waals surface area contributed by atoms with Gasteiger partial charge in [-0.3, -0.25) is 4.72 Å². The number of nitrogens with one attached hydrogen (secondary N) is 2. The molecule has 1 rings (SSSR count). The summed E-state index contributed by atoms with van der Waals surface area (Å²) >= 11 is 0. The molecule has 18 heavy (non-hydrogen) atoms. The van der Waals surface area contributed by atoms with E-state index in [1.807, 2.05) is 4.72 Å². The van der Waals surface area contributed by atoms with Gasteiger partial charge in [-0.2, -0.15) is 26.3 Å². The first-order chi connectivity index (χ1) is 8.24. The van der Waals surface area contributed by atoms with Crippen LogP contribution in [0.2, 0.25) is 0 Å². The highest BCUT2D eigenvalue weighted by atomic mass is 32.2. The van der Waals surface area contributed by atoms with Crippen molar-refractivity contribution >= 4 is 16.0 Å². The molecule has 0 fully saturated rings. The molecular formula is C8H11F3N4O2S. The van der Waals surface area contributed by atoms with Gasteiger partial charge in [0.15, 0.2) is 0 Å². The maximum absolute atomic E-state index is 12.2. The average molecular weight is 284 g/mol. The molecule has 1 aromatic rings. The van der Waals surface area contributed by atoms with Crippen LogP contribution >= 0.6 is 0 Å². The molecule has 6 nitrogen and oxygen atoms in total. The van der Waals surface area contributed by atoms with Crippen LogP contribution < -0.4 is 15.2 Å². The van der Waals surface area contributed by atoms with Crippen molar-refractivity contribution in [2.24, 2.45) is 5.73 Å². The summed E-state index contributed by atoms with van der Waals surface area (Å²) in [6.07, 6.45) is -3.97. The minimum Gasteiger partial charge on any atom is -0.329 e. The molecule has 0 unspecified atom stereocenters. The Kier molecular flexibility index (Phi) is 4.48. The van der Waals surface area contributed by atoms with Crippen molar-refractivity contribution in [2.75, 3.05) is 17.8 Å². The summed E-state index contributed by atoms with van der Waals surface area (Å²) in [5.41, 5.74) is 4.14. The van der Waals surface area contributed by atoms with Crippen molar-refractivity contribution in [1.29, 1.82) is 0 Å². The van der Waals surface area contributed by atoms with Gasteiger partial charge in [-0.05, 0) is 12.1 Å². The van der Waals surface area contributed by atoms with Crippen LogP contribution in [0.15, 0.2) is 18.3 Å². The highest BCUT2D eigenvalue weighted by molar-refractivity contribution is 7.90. The van der Waals surface area contributed by atoms with E-state index in [1.54, 1.807) is 0 Å². The van der Waals surface area contributed by atoms with Gasteiger partial charge in [0.1, 0.15) is 5.82 Å². The van der Waals surface area contributed by atoms with E-state index < -0.39 is 21.9 Å². The topological polar surface area (TPSA) is 97.1 Å².